The maximum atomic E-state index is 14.0. The number of nitrogens with zero attached hydrogens (tertiary/aromatic N) is 2. The summed E-state index contributed by atoms with van der Waals surface area (Å²) in [7, 11) is 0. The van der Waals surface area contributed by atoms with Crippen molar-refractivity contribution in [1.29, 1.82) is 0 Å². The van der Waals surface area contributed by atoms with Crippen LogP contribution in [0, 0.1) is 11.6 Å². The van der Waals surface area contributed by atoms with E-state index in [0.29, 0.717) is 44.3 Å². The molecule has 0 bridgehead atoms. The van der Waals surface area contributed by atoms with Gasteiger partial charge in [0.05, 0.1) is 12.8 Å². The Bertz CT molecular complexity index is 821. The highest BCUT2D eigenvalue weighted by Crippen LogP contribution is 2.26. The first-order valence-electron chi connectivity index (χ1n) is 9.59. The maximum absolute atomic E-state index is 14.0. The Kier molecular flexibility index (Phi) is 7.04. The molecule has 156 valence electrons. The van der Waals surface area contributed by atoms with E-state index in [1.807, 2.05) is 6.92 Å². The molecule has 1 fully saturated rings. The van der Waals surface area contributed by atoms with E-state index >= 15 is 0 Å². The van der Waals surface area contributed by atoms with Crippen molar-refractivity contribution in [3.05, 3.63) is 54.0 Å². The van der Waals surface area contributed by atoms with Crippen LogP contribution in [0.1, 0.15) is 19.1 Å². The summed E-state index contributed by atoms with van der Waals surface area (Å²) in [6.07, 6.45) is 2.24. The van der Waals surface area contributed by atoms with Crippen molar-refractivity contribution in [2.45, 2.75) is 25.9 Å². The summed E-state index contributed by atoms with van der Waals surface area (Å²) >= 11 is 0. The van der Waals surface area contributed by atoms with Crippen molar-refractivity contribution in [2.75, 3.05) is 31.1 Å². The van der Waals surface area contributed by atoms with Crippen molar-refractivity contribution in [2.24, 2.45) is 4.99 Å². The molecule has 2 heterocycles. The minimum atomic E-state index is -0.570. The SMILES string of the molecule is CCNC(=NCC(=O)NCc1ccco1)NC1CCN(c2c(F)cccc2F)C1. The average Bonchev–Trinajstić information content (AvgIpc) is 3.37. The molecule has 1 aliphatic rings. The Morgan fingerprint density at radius 2 is 2.03 bits per heavy atom. The van der Waals surface area contributed by atoms with Crippen molar-refractivity contribution < 1.29 is 18.0 Å². The number of carbonyl (C=O) groups excluding carboxylic acids is 1. The van der Waals surface area contributed by atoms with Crippen LogP contribution in [0.3, 0.4) is 0 Å². The van der Waals surface area contributed by atoms with Gasteiger partial charge in [-0.3, -0.25) is 4.79 Å². The van der Waals surface area contributed by atoms with Crippen LogP contribution >= 0.6 is 0 Å². The van der Waals surface area contributed by atoms with E-state index in [-0.39, 0.29) is 24.2 Å². The predicted octanol–water partition coefficient (Wildman–Crippen LogP) is 2.01. The number of hydrogen-bond acceptors (Lipinski definition) is 4. The first kappa shape index (κ1) is 20.6. The van der Waals surface area contributed by atoms with Gasteiger partial charge in [0.2, 0.25) is 5.91 Å². The van der Waals surface area contributed by atoms with Gasteiger partial charge < -0.3 is 25.3 Å². The fourth-order valence-corrected chi connectivity index (χ4v) is 3.19. The van der Waals surface area contributed by atoms with Crippen LogP contribution in [0.15, 0.2) is 46.0 Å². The smallest absolute Gasteiger partial charge is 0.242 e. The summed E-state index contributed by atoms with van der Waals surface area (Å²) in [6.45, 7) is 3.76. The molecule has 0 aliphatic carbocycles. The number of amides is 1. The van der Waals surface area contributed by atoms with Gasteiger partial charge in [-0.15, -0.1) is 0 Å². The lowest BCUT2D eigenvalue weighted by Crippen LogP contribution is -2.45. The number of halogens is 2. The molecule has 0 spiro atoms. The molecule has 1 aliphatic heterocycles. The number of carbonyl (C=O) groups is 1. The molecule has 0 radical (unpaired) electrons. The molecule has 29 heavy (non-hydrogen) atoms. The lowest BCUT2D eigenvalue weighted by Gasteiger charge is -2.21. The van der Waals surface area contributed by atoms with Crippen LogP contribution in [0.2, 0.25) is 0 Å². The Hall–Kier alpha value is -3.10. The van der Waals surface area contributed by atoms with E-state index < -0.39 is 11.6 Å². The monoisotopic (exact) mass is 405 g/mol. The van der Waals surface area contributed by atoms with Crippen LogP contribution in [0.25, 0.3) is 0 Å². The molecule has 7 nitrogen and oxygen atoms in total. The fraction of sp³-hybridized carbons (Fsp3) is 0.400. The molecule has 1 aromatic carbocycles. The second-order valence-electron chi connectivity index (χ2n) is 6.70. The van der Waals surface area contributed by atoms with Gasteiger partial charge in [0, 0.05) is 25.7 Å². The molecule has 3 rings (SSSR count). The average molecular weight is 405 g/mol. The zero-order chi connectivity index (χ0) is 20.6. The second-order valence-corrected chi connectivity index (χ2v) is 6.70. The molecule has 1 unspecified atom stereocenters. The third-order valence-corrected chi connectivity index (χ3v) is 4.55. The number of nitrogens with one attached hydrogen (secondary N) is 3. The largest absolute Gasteiger partial charge is 0.467 e. The van der Waals surface area contributed by atoms with Crippen LogP contribution in [-0.2, 0) is 11.3 Å². The molecule has 1 amide bonds. The highest BCUT2D eigenvalue weighted by atomic mass is 19.1. The minimum Gasteiger partial charge on any atom is -0.467 e. The van der Waals surface area contributed by atoms with E-state index in [0.717, 1.165) is 0 Å². The zero-order valence-corrected chi connectivity index (χ0v) is 16.3. The summed E-state index contributed by atoms with van der Waals surface area (Å²) in [5.41, 5.74) is -0.00366. The van der Waals surface area contributed by atoms with E-state index in [1.165, 1.54) is 18.2 Å². The molecule has 1 atom stereocenters. The quantitative estimate of drug-likeness (QED) is 0.485. The van der Waals surface area contributed by atoms with Crippen molar-refractivity contribution in [1.82, 2.24) is 16.0 Å². The van der Waals surface area contributed by atoms with Crippen molar-refractivity contribution in [3.63, 3.8) is 0 Å². The van der Waals surface area contributed by atoms with Gasteiger partial charge in [-0.05, 0) is 37.6 Å². The topological polar surface area (TPSA) is 81.9 Å². The summed E-state index contributed by atoms with van der Waals surface area (Å²) in [5, 5.41) is 9.05. The number of guanidine groups is 1. The highest BCUT2D eigenvalue weighted by Gasteiger charge is 2.27. The molecule has 2 aromatic rings. The van der Waals surface area contributed by atoms with Crippen molar-refractivity contribution >= 4 is 17.6 Å². The van der Waals surface area contributed by atoms with Gasteiger partial charge in [-0.25, -0.2) is 13.8 Å². The number of anilines is 1. The molecule has 1 saturated heterocycles. The molecule has 0 saturated carbocycles. The van der Waals surface area contributed by atoms with Crippen LogP contribution in [-0.4, -0.2) is 44.1 Å². The Morgan fingerprint density at radius 1 is 1.24 bits per heavy atom. The number of benzene rings is 1. The Balaban J connectivity index is 1.53. The summed E-state index contributed by atoms with van der Waals surface area (Å²) in [4.78, 5) is 18.0. The zero-order valence-electron chi connectivity index (χ0n) is 16.3. The Morgan fingerprint density at radius 3 is 2.72 bits per heavy atom. The van der Waals surface area contributed by atoms with Crippen LogP contribution < -0.4 is 20.9 Å². The third-order valence-electron chi connectivity index (χ3n) is 4.55. The lowest BCUT2D eigenvalue weighted by molar-refractivity contribution is -0.119. The van der Waals surface area contributed by atoms with E-state index in [9.17, 15) is 13.6 Å². The number of hydrogen-bond donors (Lipinski definition) is 3. The Labute approximate surface area is 168 Å². The summed E-state index contributed by atoms with van der Waals surface area (Å²) in [6, 6.07) is 7.35. The predicted molar refractivity (Wildman–Crippen MR) is 107 cm³/mol. The number of furan rings is 1. The standard InChI is InChI=1S/C20H25F2N5O2/c1-2-23-20(25-12-18(28)24-11-15-5-4-10-29-15)26-14-8-9-27(13-14)19-16(21)6-3-7-17(19)22/h3-7,10,14H,2,8-9,11-13H2,1H3,(H,24,28)(H2,23,25,26). The normalized spacial score (nSPS) is 16.7. The lowest BCUT2D eigenvalue weighted by atomic mass is 10.2. The van der Waals surface area contributed by atoms with E-state index in [4.69, 9.17) is 4.42 Å². The minimum absolute atomic E-state index is 0.00366. The summed E-state index contributed by atoms with van der Waals surface area (Å²) < 4.78 is 33.2. The first-order valence-corrected chi connectivity index (χ1v) is 9.59. The molecule has 1 aromatic heterocycles. The van der Waals surface area contributed by atoms with Gasteiger partial charge >= 0.3 is 0 Å². The van der Waals surface area contributed by atoms with Gasteiger partial charge in [-0.2, -0.15) is 0 Å². The number of aliphatic imine (C=N–C) groups is 1. The molecular formula is C20H25F2N5O2. The molecular weight excluding hydrogens is 380 g/mol. The van der Waals surface area contributed by atoms with E-state index in [2.05, 4.69) is 20.9 Å². The first-order chi connectivity index (χ1) is 14.1. The van der Waals surface area contributed by atoms with Gasteiger partial charge in [0.1, 0.15) is 29.6 Å². The van der Waals surface area contributed by atoms with Crippen molar-refractivity contribution in [3.8, 4) is 0 Å². The third kappa shape index (κ3) is 5.69. The summed E-state index contributed by atoms with van der Waals surface area (Å²) in [5.74, 6) is -0.223. The fourth-order valence-electron chi connectivity index (χ4n) is 3.19. The van der Waals surface area contributed by atoms with Gasteiger partial charge in [0.25, 0.3) is 0 Å². The number of para-hydroxylation sites is 1. The maximum Gasteiger partial charge on any atom is 0.242 e. The highest BCUT2D eigenvalue weighted by molar-refractivity contribution is 5.85. The van der Waals surface area contributed by atoms with Crippen LogP contribution in [0.5, 0.6) is 0 Å². The van der Waals surface area contributed by atoms with E-state index in [1.54, 1.807) is 23.3 Å². The van der Waals surface area contributed by atoms with Crippen LogP contribution in [0.4, 0.5) is 14.5 Å². The second kappa shape index (κ2) is 9.90. The molecule has 9 heteroatoms. The molecule has 3 N–H and O–H groups in total. The number of rotatable bonds is 7. The van der Waals surface area contributed by atoms with Gasteiger partial charge in [-0.1, -0.05) is 6.07 Å². The van der Waals surface area contributed by atoms with Gasteiger partial charge in [0.15, 0.2) is 5.96 Å².